The second-order valence-corrected chi connectivity index (χ2v) is 40.4. The summed E-state index contributed by atoms with van der Waals surface area (Å²) in [5, 5.41) is 5.66. The highest BCUT2D eigenvalue weighted by Crippen LogP contribution is 2.23. The van der Waals surface area contributed by atoms with Gasteiger partial charge in [-0.05, 0) is 261 Å². The normalized spacial score (nSPS) is 11.7. The highest BCUT2D eigenvalue weighted by Gasteiger charge is 2.19. The average molecular weight is 2040 g/mol. The van der Waals surface area contributed by atoms with Crippen molar-refractivity contribution in [2.45, 2.75) is 535 Å². The van der Waals surface area contributed by atoms with Gasteiger partial charge in [-0.3, -0.25) is 24.0 Å². The van der Waals surface area contributed by atoms with Crippen molar-refractivity contribution in [3.05, 3.63) is 72.9 Å². The molecule has 0 aliphatic heterocycles. The fraction of sp³-hybridized carbons (Fsp3) is 0.826. The number of hydrogen-bond donors (Lipinski definition) is 2. The van der Waals surface area contributed by atoms with Crippen LogP contribution in [-0.4, -0.2) is 202 Å². The molecule has 23 nitrogen and oxygen atoms in total. The summed E-state index contributed by atoms with van der Waals surface area (Å²) in [6, 6.07) is 0. The molecule has 840 valence electrons. The SMILES string of the molecule is CCC/C=C\C/C=C\C(=O)OCCCCCCCCC(CCCCCCCCOC(=O)/C=C\C/C=C\CCC)OC(=O)CCCN(C)C.CCCCCC/C=C\COC(=O)NCCCCCCC(CCCCCCNC(=O)OC/C=C\CCCCCC)OC(=O)CCCN(C)C.CCCCCCCCC(=O)OCCCCCCCCC(CCCCCCCCOC(=O)CCCCCCCC)OC(=O)CCCN(C)C. The Kier molecular flexibility index (Phi) is 114. The Morgan fingerprint density at radius 2 is 0.465 bits per heavy atom. The second kappa shape index (κ2) is 116. The first-order valence-electron chi connectivity index (χ1n) is 59.1. The maximum absolute atomic E-state index is 12.5. The molecule has 0 saturated heterocycles. The molecule has 0 heterocycles. The molecule has 0 aliphatic carbocycles. The van der Waals surface area contributed by atoms with Crippen LogP contribution in [0.15, 0.2) is 72.9 Å². The molecule has 0 saturated carbocycles. The van der Waals surface area contributed by atoms with E-state index in [0.29, 0.717) is 84.8 Å². The summed E-state index contributed by atoms with van der Waals surface area (Å²) in [6.45, 7) is 19.7. The first-order chi connectivity index (χ1) is 70.2. The number of carbonyl (C=O) groups excluding carboxylic acids is 9. The monoisotopic (exact) mass is 2030 g/mol. The van der Waals surface area contributed by atoms with E-state index in [4.69, 9.17) is 42.6 Å². The van der Waals surface area contributed by atoms with E-state index in [9.17, 15) is 43.2 Å². The van der Waals surface area contributed by atoms with Crippen LogP contribution in [-0.2, 0) is 76.2 Å². The molecule has 0 aliphatic rings. The predicted octanol–water partition coefficient (Wildman–Crippen LogP) is 31.3. The van der Waals surface area contributed by atoms with Gasteiger partial charge in [0.15, 0.2) is 0 Å². The van der Waals surface area contributed by atoms with Gasteiger partial charge < -0.3 is 68.0 Å². The van der Waals surface area contributed by atoms with Crippen molar-refractivity contribution in [3.8, 4) is 0 Å². The summed E-state index contributed by atoms with van der Waals surface area (Å²) in [6.07, 6.45) is 98.9. The molecule has 0 atom stereocenters. The van der Waals surface area contributed by atoms with Crippen LogP contribution >= 0.6 is 0 Å². The summed E-state index contributed by atoms with van der Waals surface area (Å²) >= 11 is 0. The van der Waals surface area contributed by atoms with Crippen molar-refractivity contribution >= 4 is 54.0 Å². The lowest BCUT2D eigenvalue weighted by molar-refractivity contribution is -0.151. The molecule has 0 aromatic rings. The Morgan fingerprint density at radius 1 is 0.222 bits per heavy atom. The first-order valence-corrected chi connectivity index (χ1v) is 59.1. The molecule has 0 spiro atoms. The zero-order chi connectivity index (χ0) is 106. The molecule has 23 heteroatoms. The van der Waals surface area contributed by atoms with Gasteiger partial charge in [0, 0.05) is 57.3 Å². The molecule has 2 amide bonds. The van der Waals surface area contributed by atoms with Gasteiger partial charge in [-0.25, -0.2) is 19.2 Å². The first kappa shape index (κ1) is 141. The lowest BCUT2D eigenvalue weighted by Crippen LogP contribution is -2.25. The van der Waals surface area contributed by atoms with Crippen molar-refractivity contribution < 1.29 is 85.8 Å². The topological polar surface area (TPSA) is 270 Å². The zero-order valence-electron chi connectivity index (χ0n) is 95.0. The lowest BCUT2D eigenvalue weighted by atomic mass is 10.0. The van der Waals surface area contributed by atoms with Crippen molar-refractivity contribution in [3.63, 3.8) is 0 Å². The number of nitrogens with one attached hydrogen (secondary N) is 2. The maximum Gasteiger partial charge on any atom is 0.407 e. The molecule has 0 unspecified atom stereocenters. The van der Waals surface area contributed by atoms with Crippen molar-refractivity contribution in [2.75, 3.05) is 115 Å². The van der Waals surface area contributed by atoms with E-state index >= 15 is 0 Å². The molecule has 0 rings (SSSR count). The van der Waals surface area contributed by atoms with Crippen molar-refractivity contribution in [1.82, 2.24) is 25.3 Å². The van der Waals surface area contributed by atoms with Crippen molar-refractivity contribution in [2.24, 2.45) is 0 Å². The van der Waals surface area contributed by atoms with Gasteiger partial charge in [0.1, 0.15) is 31.5 Å². The van der Waals surface area contributed by atoms with Crippen LogP contribution in [0.1, 0.15) is 517 Å². The minimum Gasteiger partial charge on any atom is -0.466 e. The standard InChI is InChI=1S/C41H79NO6.C41H71NO6.C39H73N3O6/c2*1-5-7-9-11-19-25-32-39(43)46-36-27-21-15-13-17-23-30-38(48-41(45)34-29-35-42(3)4)31-24-18-14-16-22-28-37-47-40(44)33-26-20-12-10-8-6-2;1-5-7-9-11-13-19-25-34-46-38(44)40-31-23-17-15-21-28-36(48-37(43)30-27-33-42(3)4)29-22-16-18-24-32-41-39(45)47-35-26-20-14-12-10-8-6-2/h38H,5-37H2,1-4H3;9-12,25-26,32-33,38H,5-8,13-24,27-31,34-37H2,1-4H3;19-20,25-26,36H,5-18,21-24,27-35H2,1-4H3,(H,40,44)(H,41,45)/b;11-9-,12-10-,32-25-,33-26-;25-19-,26-20-. The maximum atomic E-state index is 12.5. The van der Waals surface area contributed by atoms with Crippen LogP contribution in [0, 0.1) is 0 Å². The Bertz CT molecular complexity index is 2910. The third-order valence-corrected chi connectivity index (χ3v) is 25.2. The molecule has 144 heavy (non-hydrogen) atoms. The van der Waals surface area contributed by atoms with Gasteiger partial charge in [-0.1, -0.05) is 346 Å². The van der Waals surface area contributed by atoms with Gasteiger partial charge >= 0.3 is 54.0 Å². The molecule has 0 bridgehead atoms. The van der Waals surface area contributed by atoms with E-state index in [1.807, 2.05) is 66.6 Å². The number of hydrogen-bond acceptors (Lipinski definition) is 21. The smallest absolute Gasteiger partial charge is 0.407 e. The molecular weight excluding hydrogens is 1810 g/mol. The molecule has 0 radical (unpaired) electrons. The quantitative estimate of drug-likeness (QED) is 0.0188. The number of allylic oxidation sites excluding steroid dienone is 8. The zero-order valence-corrected chi connectivity index (χ0v) is 95.0. The minimum atomic E-state index is -0.362. The number of nitrogens with zero attached hydrogens (tertiary/aromatic N) is 3. The number of ether oxygens (including phenoxy) is 9. The van der Waals surface area contributed by atoms with Crippen LogP contribution in [0.25, 0.3) is 0 Å². The fourth-order valence-corrected chi connectivity index (χ4v) is 16.4. The van der Waals surface area contributed by atoms with Crippen LogP contribution in [0.2, 0.25) is 0 Å². The number of esters is 7. The van der Waals surface area contributed by atoms with Gasteiger partial charge in [0.05, 0.1) is 26.4 Å². The Hall–Kier alpha value is -6.85. The lowest BCUT2D eigenvalue weighted by Gasteiger charge is -2.18. The van der Waals surface area contributed by atoms with Crippen LogP contribution in [0.4, 0.5) is 9.59 Å². The number of rotatable bonds is 103. The summed E-state index contributed by atoms with van der Waals surface area (Å²) in [5.41, 5.74) is 0. The second-order valence-electron chi connectivity index (χ2n) is 40.4. The van der Waals surface area contributed by atoms with E-state index in [1.54, 1.807) is 0 Å². The number of amides is 2. The Morgan fingerprint density at radius 3 is 0.750 bits per heavy atom. The molecular formula is C121H223N5O18. The molecule has 0 aromatic carbocycles. The summed E-state index contributed by atoms with van der Waals surface area (Å²) < 4.78 is 49.6. The van der Waals surface area contributed by atoms with Gasteiger partial charge in [0.25, 0.3) is 0 Å². The number of unbranched alkanes of at least 4 members (excludes halogenated alkanes) is 46. The third kappa shape index (κ3) is 119. The molecule has 0 fully saturated rings. The highest BCUT2D eigenvalue weighted by molar-refractivity contribution is 5.82. The molecule has 2 N–H and O–H groups in total. The predicted molar refractivity (Wildman–Crippen MR) is 598 cm³/mol. The van der Waals surface area contributed by atoms with E-state index < -0.39 is 0 Å². The number of carbonyl (C=O) groups is 9. The van der Waals surface area contributed by atoms with Gasteiger partial charge in [-0.2, -0.15) is 0 Å². The summed E-state index contributed by atoms with van der Waals surface area (Å²) in [5.74, 6) is -0.822. The van der Waals surface area contributed by atoms with Gasteiger partial charge in [0.2, 0.25) is 0 Å². The van der Waals surface area contributed by atoms with Crippen LogP contribution in [0.5, 0.6) is 0 Å². The molecule has 0 aromatic heterocycles. The van der Waals surface area contributed by atoms with Crippen LogP contribution in [0.3, 0.4) is 0 Å². The number of alkyl carbamates (subject to hydrolysis) is 2. The van der Waals surface area contributed by atoms with E-state index in [1.165, 1.54) is 128 Å². The summed E-state index contributed by atoms with van der Waals surface area (Å²) in [4.78, 5) is 115. The van der Waals surface area contributed by atoms with Crippen molar-refractivity contribution in [1.29, 1.82) is 0 Å². The average Bonchev–Trinajstić information content (AvgIpc) is 0.964. The highest BCUT2D eigenvalue weighted by atomic mass is 16.6. The summed E-state index contributed by atoms with van der Waals surface area (Å²) in [7, 11) is 12.1. The van der Waals surface area contributed by atoms with E-state index in [-0.39, 0.29) is 72.3 Å². The Labute approximate surface area is 882 Å². The fourth-order valence-electron chi connectivity index (χ4n) is 16.4. The Balaban J connectivity index is -0.00000207. The minimum absolute atomic E-state index is 0.000983. The van der Waals surface area contributed by atoms with E-state index in [0.717, 1.165) is 347 Å². The third-order valence-electron chi connectivity index (χ3n) is 25.2. The van der Waals surface area contributed by atoms with E-state index in [2.05, 4.69) is 103 Å². The van der Waals surface area contributed by atoms with Gasteiger partial charge in [-0.15, -0.1) is 0 Å². The van der Waals surface area contributed by atoms with Crippen LogP contribution < -0.4 is 10.6 Å². The largest absolute Gasteiger partial charge is 0.466 e.